The first-order chi connectivity index (χ1) is 11.0. The Morgan fingerprint density at radius 3 is 2.83 bits per heavy atom. The third-order valence-electron chi connectivity index (χ3n) is 3.57. The second-order valence-electron chi connectivity index (χ2n) is 5.21. The Kier molecular flexibility index (Phi) is 5.97. The number of ether oxygens (including phenoxy) is 2. The lowest BCUT2D eigenvalue weighted by Crippen LogP contribution is -2.32. The van der Waals surface area contributed by atoms with Crippen LogP contribution in [0.4, 0.5) is 0 Å². The molecule has 1 fully saturated rings. The van der Waals surface area contributed by atoms with Gasteiger partial charge < -0.3 is 14.8 Å². The Hall–Kier alpha value is -1.64. The smallest absolute Gasteiger partial charge is 0.255 e. The molecule has 0 saturated carbocycles. The van der Waals surface area contributed by atoms with Crippen LogP contribution in [-0.2, 0) is 14.8 Å². The summed E-state index contributed by atoms with van der Waals surface area (Å²) in [7, 11) is -2.20. The van der Waals surface area contributed by atoms with Crippen LogP contribution in [0.1, 0.15) is 30.1 Å². The Balaban J connectivity index is 2.19. The van der Waals surface area contributed by atoms with Crippen LogP contribution in [0.3, 0.4) is 0 Å². The standard InChI is InChI=1S/C15H22N2O5S/c1-3-17-23(19,20)12-6-7-14(21-2)13(9-12)15(18)16-10-11-5-4-8-22-11/h6-7,9,11,17H,3-5,8,10H2,1-2H3,(H,16,18). The molecule has 1 aliphatic rings. The van der Waals surface area contributed by atoms with Gasteiger partial charge in [0, 0.05) is 19.7 Å². The molecule has 0 radical (unpaired) electrons. The molecule has 1 saturated heterocycles. The van der Waals surface area contributed by atoms with Crippen LogP contribution in [-0.4, -0.2) is 47.2 Å². The summed E-state index contributed by atoms with van der Waals surface area (Å²) in [6, 6.07) is 4.21. The highest BCUT2D eigenvalue weighted by Crippen LogP contribution is 2.22. The summed E-state index contributed by atoms with van der Waals surface area (Å²) >= 11 is 0. The van der Waals surface area contributed by atoms with Gasteiger partial charge in [-0.05, 0) is 31.0 Å². The summed E-state index contributed by atoms with van der Waals surface area (Å²) < 4.78 is 37.2. The summed E-state index contributed by atoms with van der Waals surface area (Å²) in [5.74, 6) is -0.0591. The van der Waals surface area contributed by atoms with E-state index in [1.807, 2.05) is 0 Å². The maximum absolute atomic E-state index is 12.4. The van der Waals surface area contributed by atoms with Crippen molar-refractivity contribution in [2.75, 3.05) is 26.8 Å². The number of rotatable bonds is 7. The first kappa shape index (κ1) is 17.7. The first-order valence-corrected chi connectivity index (χ1v) is 9.03. The lowest BCUT2D eigenvalue weighted by Gasteiger charge is -2.14. The van der Waals surface area contributed by atoms with Crippen molar-refractivity contribution in [1.82, 2.24) is 10.0 Å². The van der Waals surface area contributed by atoms with Crippen molar-refractivity contribution in [3.63, 3.8) is 0 Å². The molecule has 8 heteroatoms. The lowest BCUT2D eigenvalue weighted by atomic mass is 10.1. The fourth-order valence-electron chi connectivity index (χ4n) is 2.41. The summed E-state index contributed by atoms with van der Waals surface area (Å²) in [5, 5.41) is 2.77. The van der Waals surface area contributed by atoms with E-state index in [-0.39, 0.29) is 29.0 Å². The van der Waals surface area contributed by atoms with Gasteiger partial charge in [-0.25, -0.2) is 13.1 Å². The molecule has 0 spiro atoms. The molecular formula is C15H22N2O5S. The minimum atomic E-state index is -3.63. The van der Waals surface area contributed by atoms with Gasteiger partial charge in [0.25, 0.3) is 5.91 Å². The van der Waals surface area contributed by atoms with Gasteiger partial charge in [0.1, 0.15) is 5.75 Å². The molecule has 0 bridgehead atoms. The van der Waals surface area contributed by atoms with Crippen LogP contribution in [0.5, 0.6) is 5.75 Å². The average molecular weight is 342 g/mol. The van der Waals surface area contributed by atoms with E-state index in [1.54, 1.807) is 6.92 Å². The molecule has 0 aromatic heterocycles. The van der Waals surface area contributed by atoms with Gasteiger partial charge in [-0.15, -0.1) is 0 Å². The molecule has 0 aliphatic carbocycles. The van der Waals surface area contributed by atoms with Crippen molar-refractivity contribution in [3.05, 3.63) is 23.8 Å². The van der Waals surface area contributed by atoms with Crippen molar-refractivity contribution in [3.8, 4) is 5.75 Å². The molecule has 128 valence electrons. The number of amides is 1. The van der Waals surface area contributed by atoms with E-state index in [9.17, 15) is 13.2 Å². The van der Waals surface area contributed by atoms with Crippen LogP contribution < -0.4 is 14.8 Å². The van der Waals surface area contributed by atoms with Gasteiger partial charge in [-0.1, -0.05) is 6.92 Å². The van der Waals surface area contributed by atoms with Gasteiger partial charge in [0.15, 0.2) is 0 Å². The van der Waals surface area contributed by atoms with E-state index in [2.05, 4.69) is 10.0 Å². The molecule has 2 N–H and O–H groups in total. The van der Waals surface area contributed by atoms with Crippen LogP contribution in [0, 0.1) is 0 Å². The van der Waals surface area contributed by atoms with E-state index in [0.29, 0.717) is 18.9 Å². The number of carbonyl (C=O) groups is 1. The monoisotopic (exact) mass is 342 g/mol. The number of sulfonamides is 1. The van der Waals surface area contributed by atoms with E-state index in [1.165, 1.54) is 25.3 Å². The summed E-state index contributed by atoms with van der Waals surface area (Å²) in [5.41, 5.74) is 0.185. The fraction of sp³-hybridized carbons (Fsp3) is 0.533. The van der Waals surface area contributed by atoms with Gasteiger partial charge in [0.05, 0.1) is 23.7 Å². The van der Waals surface area contributed by atoms with Crippen molar-refractivity contribution in [2.45, 2.75) is 30.8 Å². The normalized spacial score (nSPS) is 17.9. The number of methoxy groups -OCH3 is 1. The molecule has 1 aromatic rings. The van der Waals surface area contributed by atoms with E-state index in [0.717, 1.165) is 12.8 Å². The van der Waals surface area contributed by atoms with Gasteiger partial charge >= 0.3 is 0 Å². The number of carbonyl (C=O) groups excluding carboxylic acids is 1. The second kappa shape index (κ2) is 7.76. The first-order valence-electron chi connectivity index (χ1n) is 7.55. The minimum absolute atomic E-state index is 0.0126. The van der Waals surface area contributed by atoms with Crippen LogP contribution in [0.15, 0.2) is 23.1 Å². The zero-order valence-corrected chi connectivity index (χ0v) is 14.1. The number of nitrogens with one attached hydrogen (secondary N) is 2. The lowest BCUT2D eigenvalue weighted by molar-refractivity contribution is 0.0855. The van der Waals surface area contributed by atoms with Crippen LogP contribution in [0.2, 0.25) is 0 Å². The fourth-order valence-corrected chi connectivity index (χ4v) is 3.48. The van der Waals surface area contributed by atoms with Gasteiger partial charge in [-0.2, -0.15) is 0 Å². The molecule has 1 atom stereocenters. The van der Waals surface area contributed by atoms with Crippen molar-refractivity contribution in [1.29, 1.82) is 0 Å². The average Bonchev–Trinajstić information content (AvgIpc) is 3.05. The molecule has 1 aromatic carbocycles. The largest absolute Gasteiger partial charge is 0.496 e. The highest BCUT2D eigenvalue weighted by Gasteiger charge is 2.21. The predicted octanol–water partition coefficient (Wildman–Crippen LogP) is 0.902. The molecule has 1 aliphatic heterocycles. The molecule has 1 heterocycles. The van der Waals surface area contributed by atoms with E-state index in [4.69, 9.17) is 9.47 Å². The SMILES string of the molecule is CCNS(=O)(=O)c1ccc(OC)c(C(=O)NCC2CCCO2)c1. The predicted molar refractivity (Wildman–Crippen MR) is 85.2 cm³/mol. The Morgan fingerprint density at radius 2 is 2.22 bits per heavy atom. The maximum Gasteiger partial charge on any atom is 0.255 e. The third-order valence-corrected chi connectivity index (χ3v) is 5.12. The number of benzene rings is 1. The zero-order chi connectivity index (χ0) is 16.9. The Morgan fingerprint density at radius 1 is 1.43 bits per heavy atom. The van der Waals surface area contributed by atoms with Crippen molar-refractivity contribution < 1.29 is 22.7 Å². The minimum Gasteiger partial charge on any atom is -0.496 e. The number of hydrogen-bond acceptors (Lipinski definition) is 5. The summed E-state index contributed by atoms with van der Waals surface area (Å²) in [6.45, 7) is 3.07. The molecular weight excluding hydrogens is 320 g/mol. The highest BCUT2D eigenvalue weighted by molar-refractivity contribution is 7.89. The Bertz CT molecular complexity index is 654. The van der Waals surface area contributed by atoms with Gasteiger partial charge in [0.2, 0.25) is 10.0 Å². The zero-order valence-electron chi connectivity index (χ0n) is 13.3. The molecule has 1 unspecified atom stereocenters. The van der Waals surface area contributed by atoms with Gasteiger partial charge in [-0.3, -0.25) is 4.79 Å². The molecule has 1 amide bonds. The van der Waals surface area contributed by atoms with E-state index >= 15 is 0 Å². The topological polar surface area (TPSA) is 93.7 Å². The highest BCUT2D eigenvalue weighted by atomic mass is 32.2. The van der Waals surface area contributed by atoms with Crippen molar-refractivity contribution in [2.24, 2.45) is 0 Å². The number of hydrogen-bond donors (Lipinski definition) is 2. The maximum atomic E-state index is 12.4. The quantitative estimate of drug-likeness (QED) is 0.768. The molecule has 23 heavy (non-hydrogen) atoms. The molecule has 7 nitrogen and oxygen atoms in total. The molecule has 2 rings (SSSR count). The third kappa shape index (κ3) is 4.43. The van der Waals surface area contributed by atoms with E-state index < -0.39 is 10.0 Å². The van der Waals surface area contributed by atoms with Crippen LogP contribution >= 0.6 is 0 Å². The summed E-state index contributed by atoms with van der Waals surface area (Å²) in [4.78, 5) is 12.4. The van der Waals surface area contributed by atoms with Crippen molar-refractivity contribution >= 4 is 15.9 Å². The Labute approximate surface area is 136 Å². The van der Waals surface area contributed by atoms with Crippen LogP contribution in [0.25, 0.3) is 0 Å². The summed E-state index contributed by atoms with van der Waals surface area (Å²) in [6.07, 6.45) is 1.91. The second-order valence-corrected chi connectivity index (χ2v) is 6.98.